The van der Waals surface area contributed by atoms with Gasteiger partial charge in [-0.25, -0.2) is 0 Å². The molecule has 2 amide bonds. The second kappa shape index (κ2) is 11.8. The standard InChI is InChI=1S/C29H32N2O6S/c1-34-24-12-6-11-22(28(24)35-2)27(29(33)30-19-8-4-3-5-9-19)31(26(32)17-21-10-7-15-38-21)20-13-14-23-25(16-20)37-18-36-23/h6-7,10-16,19,27H,3-5,8-9,17-18H2,1-2H3,(H,30,33). The van der Waals surface area contributed by atoms with Crippen LogP contribution >= 0.6 is 11.3 Å². The highest BCUT2D eigenvalue weighted by atomic mass is 32.1. The van der Waals surface area contributed by atoms with Crippen molar-refractivity contribution in [3.05, 3.63) is 64.4 Å². The number of carbonyl (C=O) groups is 2. The molecule has 38 heavy (non-hydrogen) atoms. The molecule has 5 rings (SSSR count). The first-order chi connectivity index (χ1) is 18.6. The Morgan fingerprint density at radius 2 is 1.84 bits per heavy atom. The van der Waals surface area contributed by atoms with Gasteiger partial charge in [-0.2, -0.15) is 0 Å². The fourth-order valence-electron chi connectivity index (χ4n) is 5.17. The molecule has 1 N–H and O–H groups in total. The number of hydrogen-bond acceptors (Lipinski definition) is 7. The first-order valence-corrected chi connectivity index (χ1v) is 13.7. The zero-order chi connectivity index (χ0) is 26.5. The molecule has 8 nitrogen and oxygen atoms in total. The van der Waals surface area contributed by atoms with E-state index in [1.54, 1.807) is 42.3 Å². The van der Waals surface area contributed by atoms with E-state index in [1.165, 1.54) is 24.9 Å². The highest BCUT2D eigenvalue weighted by Crippen LogP contribution is 2.42. The highest BCUT2D eigenvalue weighted by Gasteiger charge is 2.37. The van der Waals surface area contributed by atoms with Crippen molar-refractivity contribution in [1.82, 2.24) is 5.32 Å². The maximum Gasteiger partial charge on any atom is 0.248 e. The quantitative estimate of drug-likeness (QED) is 0.402. The van der Waals surface area contributed by atoms with Crippen LogP contribution in [0.2, 0.25) is 0 Å². The number of anilines is 1. The molecule has 2 heterocycles. The third kappa shape index (κ3) is 5.43. The Morgan fingerprint density at radius 1 is 1.03 bits per heavy atom. The van der Waals surface area contributed by atoms with Gasteiger partial charge in [0.1, 0.15) is 6.04 Å². The number of hydrogen-bond donors (Lipinski definition) is 1. The molecule has 0 spiro atoms. The summed E-state index contributed by atoms with van der Waals surface area (Å²) < 4.78 is 22.4. The van der Waals surface area contributed by atoms with E-state index >= 15 is 0 Å². The summed E-state index contributed by atoms with van der Waals surface area (Å²) in [7, 11) is 3.09. The number of thiophene rings is 1. The van der Waals surface area contributed by atoms with Crippen molar-refractivity contribution >= 4 is 28.8 Å². The SMILES string of the molecule is COc1cccc(C(C(=O)NC2CCCCC2)N(C(=O)Cc2cccs2)c2ccc3c(c2)OCO3)c1OC. The minimum Gasteiger partial charge on any atom is -0.493 e. The first kappa shape index (κ1) is 25.9. The summed E-state index contributed by atoms with van der Waals surface area (Å²) >= 11 is 1.50. The van der Waals surface area contributed by atoms with Crippen LogP contribution < -0.4 is 29.2 Å². The third-order valence-electron chi connectivity index (χ3n) is 6.99. The van der Waals surface area contributed by atoms with Gasteiger partial charge in [0.15, 0.2) is 23.0 Å². The van der Waals surface area contributed by atoms with E-state index in [1.807, 2.05) is 23.6 Å². The lowest BCUT2D eigenvalue weighted by Gasteiger charge is -2.34. The molecule has 0 radical (unpaired) electrons. The average Bonchev–Trinajstić information content (AvgIpc) is 3.63. The van der Waals surface area contributed by atoms with E-state index < -0.39 is 6.04 Å². The van der Waals surface area contributed by atoms with Gasteiger partial charge < -0.3 is 24.3 Å². The van der Waals surface area contributed by atoms with Crippen LogP contribution in [0.5, 0.6) is 23.0 Å². The Kier molecular flexibility index (Phi) is 8.03. The van der Waals surface area contributed by atoms with E-state index in [2.05, 4.69) is 5.32 Å². The maximum atomic E-state index is 14.2. The topological polar surface area (TPSA) is 86.3 Å². The lowest BCUT2D eigenvalue weighted by molar-refractivity contribution is -0.127. The van der Waals surface area contributed by atoms with Crippen molar-refractivity contribution in [3.63, 3.8) is 0 Å². The molecule has 0 saturated heterocycles. The highest BCUT2D eigenvalue weighted by molar-refractivity contribution is 7.10. The number of methoxy groups -OCH3 is 2. The van der Waals surface area contributed by atoms with Gasteiger partial charge in [-0.15, -0.1) is 11.3 Å². The van der Waals surface area contributed by atoms with Crippen LogP contribution in [0.3, 0.4) is 0 Å². The maximum absolute atomic E-state index is 14.2. The minimum absolute atomic E-state index is 0.0568. The lowest BCUT2D eigenvalue weighted by atomic mass is 9.94. The molecule has 1 aromatic heterocycles. The number of para-hydroxylation sites is 1. The molecule has 3 aromatic rings. The Labute approximate surface area is 226 Å². The molecular formula is C29H32N2O6S. The van der Waals surface area contributed by atoms with Crippen LogP contribution in [-0.4, -0.2) is 38.9 Å². The van der Waals surface area contributed by atoms with Crippen molar-refractivity contribution in [1.29, 1.82) is 0 Å². The molecule has 1 atom stereocenters. The van der Waals surface area contributed by atoms with Gasteiger partial charge in [0.25, 0.3) is 0 Å². The second-order valence-corrected chi connectivity index (χ2v) is 10.4. The first-order valence-electron chi connectivity index (χ1n) is 12.8. The zero-order valence-electron chi connectivity index (χ0n) is 21.6. The molecule has 200 valence electrons. The van der Waals surface area contributed by atoms with Gasteiger partial charge in [-0.3, -0.25) is 14.5 Å². The van der Waals surface area contributed by atoms with Crippen LogP contribution in [0.4, 0.5) is 5.69 Å². The van der Waals surface area contributed by atoms with Gasteiger partial charge in [0, 0.05) is 28.2 Å². The lowest BCUT2D eigenvalue weighted by Crippen LogP contribution is -2.47. The molecular weight excluding hydrogens is 504 g/mol. The summed E-state index contributed by atoms with van der Waals surface area (Å²) in [6.45, 7) is 0.108. The number of rotatable bonds is 9. The Morgan fingerprint density at radius 3 is 2.58 bits per heavy atom. The van der Waals surface area contributed by atoms with Crippen molar-refractivity contribution in [2.75, 3.05) is 25.9 Å². The normalized spacial score (nSPS) is 15.5. The van der Waals surface area contributed by atoms with Crippen LogP contribution in [0.1, 0.15) is 48.6 Å². The summed E-state index contributed by atoms with van der Waals surface area (Å²) in [5.41, 5.74) is 1.07. The van der Waals surface area contributed by atoms with Crippen molar-refractivity contribution in [2.24, 2.45) is 0 Å². The number of carbonyl (C=O) groups excluding carboxylic acids is 2. The predicted molar refractivity (Wildman–Crippen MR) is 145 cm³/mol. The number of amides is 2. The Balaban J connectivity index is 1.62. The zero-order valence-corrected chi connectivity index (χ0v) is 22.4. The Bertz CT molecular complexity index is 1270. The van der Waals surface area contributed by atoms with Crippen molar-refractivity contribution < 1.29 is 28.5 Å². The molecule has 1 saturated carbocycles. The summed E-state index contributed by atoms with van der Waals surface area (Å²) in [6, 6.07) is 13.6. The minimum atomic E-state index is -1.00. The van der Waals surface area contributed by atoms with Gasteiger partial charge in [0.05, 0.1) is 20.6 Å². The third-order valence-corrected chi connectivity index (χ3v) is 7.87. The van der Waals surface area contributed by atoms with E-state index in [9.17, 15) is 9.59 Å². The fraction of sp³-hybridized carbons (Fsp3) is 0.379. The Hall–Kier alpha value is -3.72. The van der Waals surface area contributed by atoms with E-state index in [-0.39, 0.29) is 31.1 Å². The molecule has 9 heteroatoms. The number of nitrogens with one attached hydrogen (secondary N) is 1. The molecule has 1 aliphatic carbocycles. The van der Waals surface area contributed by atoms with Crippen molar-refractivity contribution in [2.45, 2.75) is 50.6 Å². The van der Waals surface area contributed by atoms with Crippen LogP contribution in [-0.2, 0) is 16.0 Å². The van der Waals surface area contributed by atoms with Gasteiger partial charge in [-0.05, 0) is 42.5 Å². The molecule has 1 aliphatic heterocycles. The smallest absolute Gasteiger partial charge is 0.248 e. The summed E-state index contributed by atoms with van der Waals surface area (Å²) in [6.07, 6.45) is 5.29. The molecule has 2 aromatic carbocycles. The molecule has 2 aliphatic rings. The van der Waals surface area contributed by atoms with E-state index in [0.717, 1.165) is 30.6 Å². The summed E-state index contributed by atoms with van der Waals surface area (Å²) in [5, 5.41) is 5.18. The average molecular weight is 537 g/mol. The monoisotopic (exact) mass is 536 g/mol. The van der Waals surface area contributed by atoms with Crippen LogP contribution in [0.25, 0.3) is 0 Å². The van der Waals surface area contributed by atoms with Gasteiger partial charge >= 0.3 is 0 Å². The molecule has 1 fully saturated rings. The molecule has 1 unspecified atom stereocenters. The largest absolute Gasteiger partial charge is 0.493 e. The fourth-order valence-corrected chi connectivity index (χ4v) is 5.87. The predicted octanol–water partition coefficient (Wildman–Crippen LogP) is 5.26. The second-order valence-electron chi connectivity index (χ2n) is 9.39. The number of benzene rings is 2. The van der Waals surface area contributed by atoms with E-state index in [0.29, 0.717) is 34.2 Å². The number of nitrogens with zero attached hydrogens (tertiary/aromatic N) is 1. The van der Waals surface area contributed by atoms with Crippen molar-refractivity contribution in [3.8, 4) is 23.0 Å². The molecule has 0 bridgehead atoms. The summed E-state index contributed by atoms with van der Waals surface area (Å²) in [5.74, 6) is 1.54. The van der Waals surface area contributed by atoms with Gasteiger partial charge in [-0.1, -0.05) is 37.5 Å². The van der Waals surface area contributed by atoms with Crippen LogP contribution in [0, 0.1) is 0 Å². The number of fused-ring (bicyclic) bond motifs is 1. The summed E-state index contributed by atoms with van der Waals surface area (Å²) in [4.78, 5) is 30.7. The number of ether oxygens (including phenoxy) is 4. The van der Waals surface area contributed by atoms with Gasteiger partial charge in [0.2, 0.25) is 18.6 Å². The van der Waals surface area contributed by atoms with E-state index in [4.69, 9.17) is 18.9 Å². The van der Waals surface area contributed by atoms with Crippen LogP contribution in [0.15, 0.2) is 53.9 Å².